The van der Waals surface area contributed by atoms with E-state index in [1.54, 1.807) is 24.3 Å². The maximum atomic E-state index is 12.7. The van der Waals surface area contributed by atoms with Crippen molar-refractivity contribution in [2.24, 2.45) is 23.7 Å². The number of fused-ring (bicyclic) bond motifs is 2. The van der Waals surface area contributed by atoms with Gasteiger partial charge in [-0.05, 0) is 81.0 Å². The largest absolute Gasteiger partial charge is 0.353 e. The van der Waals surface area contributed by atoms with Crippen LogP contribution in [0.15, 0.2) is 24.3 Å². The van der Waals surface area contributed by atoms with Gasteiger partial charge in [-0.1, -0.05) is 18.0 Å². The molecule has 2 bridgehead atoms. The molecule has 0 unspecified atom stereocenters. The van der Waals surface area contributed by atoms with E-state index in [1.807, 2.05) is 4.90 Å². The van der Waals surface area contributed by atoms with Crippen LogP contribution in [0.3, 0.4) is 0 Å². The van der Waals surface area contributed by atoms with Crippen LogP contribution in [0.2, 0.25) is 5.02 Å². The molecule has 1 aromatic carbocycles. The van der Waals surface area contributed by atoms with Crippen LogP contribution in [0.4, 0.5) is 0 Å². The van der Waals surface area contributed by atoms with Gasteiger partial charge in [0.15, 0.2) is 0 Å². The third kappa shape index (κ3) is 4.01. The third-order valence-electron chi connectivity index (χ3n) is 7.05. The molecule has 4 atom stereocenters. The molecule has 1 aliphatic heterocycles. The molecule has 4 nitrogen and oxygen atoms in total. The molecule has 3 aliphatic rings. The predicted molar refractivity (Wildman–Crippen MR) is 107 cm³/mol. The van der Waals surface area contributed by atoms with E-state index in [4.69, 9.17) is 11.6 Å². The predicted octanol–water partition coefficient (Wildman–Crippen LogP) is 4.13. The number of rotatable bonds is 4. The smallest absolute Gasteiger partial charge is 0.253 e. The van der Waals surface area contributed by atoms with Gasteiger partial charge in [-0.25, -0.2) is 0 Å². The van der Waals surface area contributed by atoms with Gasteiger partial charge in [-0.15, -0.1) is 0 Å². The monoisotopic (exact) mass is 388 g/mol. The fourth-order valence-corrected chi connectivity index (χ4v) is 5.60. The van der Waals surface area contributed by atoms with E-state index >= 15 is 0 Å². The zero-order valence-electron chi connectivity index (χ0n) is 16.0. The summed E-state index contributed by atoms with van der Waals surface area (Å²) >= 11 is 5.90. The Labute approximate surface area is 166 Å². The number of likely N-dealkylation sites (tertiary alicyclic amines) is 1. The molecule has 2 aliphatic carbocycles. The van der Waals surface area contributed by atoms with Gasteiger partial charge in [0.05, 0.1) is 0 Å². The zero-order chi connectivity index (χ0) is 19.0. The van der Waals surface area contributed by atoms with E-state index in [2.05, 4.69) is 12.2 Å². The number of carbonyl (C=O) groups excluding carboxylic acids is 2. The normalized spacial score (nSPS) is 29.0. The Hall–Kier alpha value is -1.55. The number of hydrogen-bond acceptors (Lipinski definition) is 2. The van der Waals surface area contributed by atoms with Crippen molar-refractivity contribution in [3.8, 4) is 0 Å². The first-order valence-electron chi connectivity index (χ1n) is 10.4. The lowest BCUT2D eigenvalue weighted by Crippen LogP contribution is -2.47. The molecule has 0 aromatic heterocycles. The molecule has 3 fully saturated rings. The molecule has 1 N–H and O–H groups in total. The Balaban J connectivity index is 1.26. The molecule has 4 rings (SSSR count). The van der Waals surface area contributed by atoms with Crippen molar-refractivity contribution >= 4 is 23.4 Å². The average Bonchev–Trinajstić information content (AvgIpc) is 3.32. The third-order valence-corrected chi connectivity index (χ3v) is 7.30. The summed E-state index contributed by atoms with van der Waals surface area (Å²) in [5.74, 6) is 2.63. The molecule has 2 amide bonds. The van der Waals surface area contributed by atoms with Crippen LogP contribution < -0.4 is 5.32 Å². The van der Waals surface area contributed by atoms with Crippen LogP contribution >= 0.6 is 11.6 Å². The number of piperidine rings is 1. The minimum absolute atomic E-state index is 0.0281. The summed E-state index contributed by atoms with van der Waals surface area (Å²) in [5.41, 5.74) is 0.659. The molecule has 27 heavy (non-hydrogen) atoms. The van der Waals surface area contributed by atoms with E-state index in [0.717, 1.165) is 24.7 Å². The second-order valence-corrected chi connectivity index (χ2v) is 9.15. The Bertz CT molecular complexity index is 697. The zero-order valence-corrected chi connectivity index (χ0v) is 16.8. The lowest BCUT2D eigenvalue weighted by atomic mass is 9.83. The minimum Gasteiger partial charge on any atom is -0.353 e. The average molecular weight is 389 g/mol. The van der Waals surface area contributed by atoms with Crippen LogP contribution in [-0.4, -0.2) is 35.8 Å². The topological polar surface area (TPSA) is 49.4 Å². The number of nitrogens with one attached hydrogen (secondary N) is 1. The number of halogens is 1. The Morgan fingerprint density at radius 1 is 1.07 bits per heavy atom. The first-order valence-corrected chi connectivity index (χ1v) is 10.7. The van der Waals surface area contributed by atoms with Crippen molar-refractivity contribution in [2.75, 3.05) is 13.1 Å². The first-order chi connectivity index (χ1) is 13.0. The number of nitrogens with zero attached hydrogens (tertiary/aromatic N) is 1. The molecule has 5 heteroatoms. The summed E-state index contributed by atoms with van der Waals surface area (Å²) in [4.78, 5) is 27.2. The molecule has 1 aromatic rings. The van der Waals surface area contributed by atoms with Crippen LogP contribution in [0, 0.1) is 23.7 Å². The van der Waals surface area contributed by atoms with E-state index in [0.29, 0.717) is 29.6 Å². The molecule has 146 valence electrons. The Kier molecular flexibility index (Phi) is 5.45. The quantitative estimate of drug-likeness (QED) is 0.842. The standard InChI is InChI=1S/C22H29ClN2O2/c1-14(20-13-15-2-3-18(20)12-15)24-21(26)16-8-10-25(11-9-16)22(27)17-4-6-19(23)7-5-17/h4-7,14-16,18,20H,2-3,8-13H2,1H3,(H,24,26)/t14-,15+,18+,20+/m1/s1. The Morgan fingerprint density at radius 3 is 2.37 bits per heavy atom. The second kappa shape index (κ2) is 7.83. The van der Waals surface area contributed by atoms with Crippen LogP contribution in [-0.2, 0) is 4.79 Å². The van der Waals surface area contributed by atoms with Crippen molar-refractivity contribution < 1.29 is 9.59 Å². The summed E-state index contributed by atoms with van der Waals surface area (Å²) < 4.78 is 0. The first kappa shape index (κ1) is 18.8. The number of benzene rings is 1. The van der Waals surface area contributed by atoms with Crippen molar-refractivity contribution in [1.29, 1.82) is 0 Å². The van der Waals surface area contributed by atoms with Crippen LogP contribution in [0.1, 0.15) is 55.8 Å². The molecule has 2 saturated carbocycles. The summed E-state index contributed by atoms with van der Waals surface area (Å²) in [6, 6.07) is 7.29. The van der Waals surface area contributed by atoms with Gasteiger partial charge in [0.1, 0.15) is 0 Å². The van der Waals surface area contributed by atoms with Crippen LogP contribution in [0.5, 0.6) is 0 Å². The van der Waals surface area contributed by atoms with Crippen molar-refractivity contribution in [3.05, 3.63) is 34.9 Å². The lowest BCUT2D eigenvalue weighted by molar-refractivity contribution is -0.127. The van der Waals surface area contributed by atoms with Gasteiger partial charge < -0.3 is 10.2 Å². The van der Waals surface area contributed by atoms with Crippen molar-refractivity contribution in [1.82, 2.24) is 10.2 Å². The summed E-state index contributed by atoms with van der Waals surface area (Å²) in [6.07, 6.45) is 6.89. The van der Waals surface area contributed by atoms with Crippen molar-refractivity contribution in [3.63, 3.8) is 0 Å². The molecule has 0 radical (unpaired) electrons. The van der Waals surface area contributed by atoms with E-state index < -0.39 is 0 Å². The lowest BCUT2D eigenvalue weighted by Gasteiger charge is -2.34. The highest BCUT2D eigenvalue weighted by molar-refractivity contribution is 6.30. The molecule has 1 heterocycles. The van der Waals surface area contributed by atoms with Gasteiger partial charge in [-0.3, -0.25) is 9.59 Å². The summed E-state index contributed by atoms with van der Waals surface area (Å²) in [6.45, 7) is 3.46. The van der Waals surface area contributed by atoms with Gasteiger partial charge in [0.2, 0.25) is 5.91 Å². The maximum absolute atomic E-state index is 12.7. The Morgan fingerprint density at radius 2 is 1.78 bits per heavy atom. The molecular formula is C22H29ClN2O2. The van der Waals surface area contributed by atoms with E-state index in [-0.39, 0.29) is 23.8 Å². The van der Waals surface area contributed by atoms with Crippen molar-refractivity contribution in [2.45, 2.75) is 51.5 Å². The highest BCUT2D eigenvalue weighted by Crippen LogP contribution is 2.49. The number of carbonyl (C=O) groups is 2. The fraction of sp³-hybridized carbons (Fsp3) is 0.636. The molecule has 1 saturated heterocycles. The molecular weight excluding hydrogens is 360 g/mol. The highest BCUT2D eigenvalue weighted by atomic mass is 35.5. The summed E-state index contributed by atoms with van der Waals surface area (Å²) in [5, 5.41) is 3.93. The SMILES string of the molecule is C[C@@H](NC(=O)C1CCN(C(=O)c2ccc(Cl)cc2)CC1)[C@@H]1C[C@H]2CC[C@H]1C2. The van der Waals surface area contributed by atoms with Gasteiger partial charge in [0.25, 0.3) is 5.91 Å². The van der Waals surface area contributed by atoms with Crippen LogP contribution in [0.25, 0.3) is 0 Å². The van der Waals surface area contributed by atoms with E-state index in [9.17, 15) is 9.59 Å². The highest BCUT2D eigenvalue weighted by Gasteiger charge is 2.42. The number of hydrogen-bond donors (Lipinski definition) is 1. The van der Waals surface area contributed by atoms with E-state index in [1.165, 1.54) is 25.7 Å². The minimum atomic E-state index is 0.0281. The second-order valence-electron chi connectivity index (χ2n) is 8.71. The molecule has 0 spiro atoms. The maximum Gasteiger partial charge on any atom is 0.253 e. The number of amides is 2. The fourth-order valence-electron chi connectivity index (χ4n) is 5.48. The van der Waals surface area contributed by atoms with Gasteiger partial charge in [0, 0.05) is 35.6 Å². The van der Waals surface area contributed by atoms with Gasteiger partial charge >= 0.3 is 0 Å². The summed E-state index contributed by atoms with van der Waals surface area (Å²) in [7, 11) is 0. The van der Waals surface area contributed by atoms with Gasteiger partial charge in [-0.2, -0.15) is 0 Å².